The monoisotopic (exact) mass is 375 g/mol. The molecule has 0 radical (unpaired) electrons. The first-order valence-electron chi connectivity index (χ1n) is 9.71. The first kappa shape index (κ1) is 17.8. The molecule has 0 spiro atoms. The van der Waals surface area contributed by atoms with E-state index >= 15 is 0 Å². The molecule has 0 saturated carbocycles. The second kappa shape index (κ2) is 7.57. The Morgan fingerprint density at radius 1 is 1.15 bits per heavy atom. The molecular weight excluding hydrogens is 350 g/mol. The highest BCUT2D eigenvalue weighted by Gasteiger charge is 2.36. The van der Waals surface area contributed by atoms with Crippen LogP contribution in [0.4, 0.5) is 4.79 Å². The van der Waals surface area contributed by atoms with Gasteiger partial charge in [-0.2, -0.15) is 0 Å². The van der Waals surface area contributed by atoms with Gasteiger partial charge in [0.05, 0.1) is 0 Å². The molecule has 1 aromatic rings. The fourth-order valence-corrected chi connectivity index (χ4v) is 5.00. The van der Waals surface area contributed by atoms with Gasteiger partial charge in [0.25, 0.3) is 0 Å². The van der Waals surface area contributed by atoms with E-state index in [2.05, 4.69) is 22.3 Å². The average Bonchev–Trinajstić information content (AvgIpc) is 3.08. The summed E-state index contributed by atoms with van der Waals surface area (Å²) in [5, 5.41) is 3.96. The van der Waals surface area contributed by atoms with Gasteiger partial charge < -0.3 is 5.32 Å². The first-order valence-corrected chi connectivity index (χ1v) is 10.1. The van der Waals surface area contributed by atoms with Gasteiger partial charge in [-0.05, 0) is 49.7 Å². The van der Waals surface area contributed by atoms with Crippen LogP contribution in [-0.2, 0) is 4.79 Å². The van der Waals surface area contributed by atoms with Gasteiger partial charge in [0.2, 0.25) is 5.91 Å². The van der Waals surface area contributed by atoms with Crippen LogP contribution in [0.2, 0.25) is 5.02 Å². The fraction of sp³-hybridized carbons (Fsp3) is 0.600. The van der Waals surface area contributed by atoms with Crippen molar-refractivity contribution in [3.05, 3.63) is 34.9 Å². The smallest absolute Gasteiger partial charge is 0.324 e. The van der Waals surface area contributed by atoms with Crippen LogP contribution in [0.15, 0.2) is 24.3 Å². The van der Waals surface area contributed by atoms with Crippen LogP contribution in [0.25, 0.3) is 0 Å². The first-order chi connectivity index (χ1) is 12.6. The van der Waals surface area contributed by atoms with Gasteiger partial charge in [-0.25, -0.2) is 4.79 Å². The molecule has 6 heteroatoms. The Morgan fingerprint density at radius 2 is 2.00 bits per heavy atom. The summed E-state index contributed by atoms with van der Waals surface area (Å²) >= 11 is 6.39. The van der Waals surface area contributed by atoms with E-state index in [1.54, 1.807) is 0 Å². The molecule has 1 N–H and O–H groups in total. The minimum atomic E-state index is -0.198. The summed E-state index contributed by atoms with van der Waals surface area (Å²) in [6.07, 6.45) is 5.47. The molecule has 3 fully saturated rings. The van der Waals surface area contributed by atoms with Crippen molar-refractivity contribution in [3.8, 4) is 0 Å². The quantitative estimate of drug-likeness (QED) is 0.862. The molecule has 0 aromatic heterocycles. The third kappa shape index (κ3) is 3.60. The molecule has 4 rings (SSSR count). The van der Waals surface area contributed by atoms with E-state index in [0.29, 0.717) is 24.9 Å². The van der Waals surface area contributed by atoms with E-state index in [9.17, 15) is 9.59 Å². The number of carbonyl (C=O) groups excluding carboxylic acids is 2. The lowest BCUT2D eigenvalue weighted by Gasteiger charge is -2.45. The molecule has 1 aromatic carbocycles. The van der Waals surface area contributed by atoms with Gasteiger partial charge in [-0.15, -0.1) is 0 Å². The molecule has 5 nitrogen and oxygen atoms in total. The molecule has 3 aliphatic heterocycles. The molecule has 0 unspecified atom stereocenters. The van der Waals surface area contributed by atoms with Gasteiger partial charge in [0.15, 0.2) is 0 Å². The number of fused-ring (bicyclic) bond motifs is 1. The van der Waals surface area contributed by atoms with Crippen molar-refractivity contribution in [1.82, 2.24) is 15.1 Å². The average molecular weight is 376 g/mol. The topological polar surface area (TPSA) is 52.7 Å². The van der Waals surface area contributed by atoms with E-state index in [4.69, 9.17) is 11.6 Å². The number of hydrogen-bond donors (Lipinski definition) is 1. The summed E-state index contributed by atoms with van der Waals surface area (Å²) in [7, 11) is 0. The van der Waals surface area contributed by atoms with Crippen LogP contribution < -0.4 is 5.32 Å². The van der Waals surface area contributed by atoms with Gasteiger partial charge >= 0.3 is 6.03 Å². The molecule has 26 heavy (non-hydrogen) atoms. The molecular formula is C20H26ClN3O2. The zero-order valence-electron chi connectivity index (χ0n) is 15.0. The Kier molecular flexibility index (Phi) is 5.18. The van der Waals surface area contributed by atoms with Gasteiger partial charge in [-0.1, -0.05) is 29.8 Å². The summed E-state index contributed by atoms with van der Waals surface area (Å²) in [4.78, 5) is 28.0. The zero-order chi connectivity index (χ0) is 18.1. The lowest BCUT2D eigenvalue weighted by Crippen LogP contribution is -2.54. The number of nitrogens with one attached hydrogen (secondary N) is 1. The van der Waals surface area contributed by atoms with E-state index in [1.807, 2.05) is 12.1 Å². The van der Waals surface area contributed by atoms with E-state index in [0.717, 1.165) is 50.2 Å². The van der Waals surface area contributed by atoms with Crippen molar-refractivity contribution in [3.63, 3.8) is 0 Å². The van der Waals surface area contributed by atoms with Crippen molar-refractivity contribution in [2.75, 3.05) is 19.6 Å². The summed E-state index contributed by atoms with van der Waals surface area (Å²) in [6, 6.07) is 8.66. The molecule has 3 aliphatic rings. The number of imide groups is 1. The molecule has 3 amide bonds. The zero-order valence-corrected chi connectivity index (χ0v) is 15.8. The Bertz CT molecular complexity index is 695. The van der Waals surface area contributed by atoms with Crippen molar-refractivity contribution in [2.24, 2.45) is 0 Å². The number of carbonyl (C=O) groups is 2. The van der Waals surface area contributed by atoms with Crippen molar-refractivity contribution >= 4 is 23.5 Å². The number of likely N-dealkylation sites (tertiary alicyclic amines) is 1. The number of urea groups is 1. The maximum atomic E-state index is 12.3. The number of nitrogens with zero attached hydrogens (tertiary/aromatic N) is 2. The maximum Gasteiger partial charge on any atom is 0.324 e. The highest BCUT2D eigenvalue weighted by atomic mass is 35.5. The molecule has 0 bridgehead atoms. The minimum Gasteiger partial charge on any atom is -0.335 e. The molecule has 3 saturated heterocycles. The molecule has 0 aliphatic carbocycles. The van der Waals surface area contributed by atoms with Crippen molar-refractivity contribution in [2.45, 2.75) is 56.5 Å². The van der Waals surface area contributed by atoms with E-state index in [-0.39, 0.29) is 18.0 Å². The molecule has 140 valence electrons. The third-order valence-electron chi connectivity index (χ3n) is 6.13. The van der Waals surface area contributed by atoms with Crippen LogP contribution >= 0.6 is 11.6 Å². The maximum absolute atomic E-state index is 12.3. The Hall–Kier alpha value is -1.59. The van der Waals surface area contributed by atoms with Crippen LogP contribution in [0.1, 0.15) is 50.0 Å². The summed E-state index contributed by atoms with van der Waals surface area (Å²) < 4.78 is 0. The minimum absolute atomic E-state index is 0.0415. The fourth-order valence-electron chi connectivity index (χ4n) is 4.71. The number of rotatable bonds is 2. The Labute approximate surface area is 159 Å². The van der Waals surface area contributed by atoms with Crippen LogP contribution in [0.5, 0.6) is 0 Å². The standard InChI is InChI=1S/C20H26ClN3O2/c21-18-5-2-1-4-17(18)14-7-8-16-12-15(9-11-23(16)13-14)22-20(26)24-10-3-6-19(24)25/h1-2,4-5,14-16H,3,6-13H2,(H,22,26)/t14-,15+,16-/m1/s1. The van der Waals surface area contributed by atoms with Crippen LogP contribution in [0, 0.1) is 0 Å². The van der Waals surface area contributed by atoms with Gasteiger partial charge in [-0.3, -0.25) is 14.6 Å². The molecule has 3 atom stereocenters. The highest BCUT2D eigenvalue weighted by molar-refractivity contribution is 6.31. The van der Waals surface area contributed by atoms with Gasteiger partial charge in [0, 0.05) is 43.2 Å². The van der Waals surface area contributed by atoms with E-state index in [1.165, 1.54) is 10.5 Å². The Morgan fingerprint density at radius 3 is 2.77 bits per heavy atom. The second-order valence-corrected chi connectivity index (χ2v) is 8.17. The van der Waals surface area contributed by atoms with Crippen LogP contribution in [-0.4, -0.2) is 53.5 Å². The number of benzene rings is 1. The number of piperidine rings is 2. The number of hydrogen-bond acceptors (Lipinski definition) is 3. The van der Waals surface area contributed by atoms with Crippen molar-refractivity contribution in [1.29, 1.82) is 0 Å². The lowest BCUT2D eigenvalue weighted by molar-refractivity contribution is -0.125. The van der Waals surface area contributed by atoms with Gasteiger partial charge in [0.1, 0.15) is 0 Å². The summed E-state index contributed by atoms with van der Waals surface area (Å²) in [6.45, 7) is 2.59. The number of halogens is 1. The second-order valence-electron chi connectivity index (χ2n) is 7.76. The summed E-state index contributed by atoms with van der Waals surface area (Å²) in [5.41, 5.74) is 1.26. The lowest BCUT2D eigenvalue weighted by atomic mass is 9.82. The highest BCUT2D eigenvalue weighted by Crippen LogP contribution is 2.36. The Balaban J connectivity index is 1.33. The number of amides is 3. The SMILES string of the molecule is O=C1CCCN1C(=O)N[C@H]1CCN2C[C@H](c3ccccc3Cl)CC[C@@H]2C1. The predicted octanol–water partition coefficient (Wildman–Crippen LogP) is 3.38. The normalized spacial score (nSPS) is 29.5. The molecule has 3 heterocycles. The predicted molar refractivity (Wildman–Crippen MR) is 101 cm³/mol. The van der Waals surface area contributed by atoms with Crippen LogP contribution in [0.3, 0.4) is 0 Å². The largest absolute Gasteiger partial charge is 0.335 e. The van der Waals surface area contributed by atoms with Crippen molar-refractivity contribution < 1.29 is 9.59 Å². The van der Waals surface area contributed by atoms with E-state index < -0.39 is 0 Å². The third-order valence-corrected chi connectivity index (χ3v) is 6.48. The summed E-state index contributed by atoms with van der Waals surface area (Å²) in [5.74, 6) is 0.452.